The van der Waals surface area contributed by atoms with Crippen molar-refractivity contribution in [1.29, 1.82) is 0 Å². The van der Waals surface area contributed by atoms with Crippen molar-refractivity contribution < 1.29 is 23.8 Å². The monoisotopic (exact) mass is 429 g/mol. The molecule has 1 amide bonds. The van der Waals surface area contributed by atoms with Crippen molar-refractivity contribution in [2.24, 2.45) is 5.92 Å². The third-order valence-electron chi connectivity index (χ3n) is 5.06. The number of carbonyl (C=O) groups excluding carboxylic acids is 1. The molecule has 30 heavy (non-hydrogen) atoms. The van der Waals surface area contributed by atoms with Gasteiger partial charge in [0.05, 0.1) is 18.2 Å². The van der Waals surface area contributed by atoms with Gasteiger partial charge in [-0.1, -0.05) is 18.2 Å². The number of ether oxygens (including phenoxy) is 1. The van der Waals surface area contributed by atoms with Crippen molar-refractivity contribution in [3.63, 3.8) is 0 Å². The minimum absolute atomic E-state index is 0.224. The molecule has 2 aromatic heterocycles. The number of rotatable bonds is 7. The van der Waals surface area contributed by atoms with E-state index in [1.807, 2.05) is 17.5 Å². The van der Waals surface area contributed by atoms with E-state index in [9.17, 15) is 19.1 Å². The molecule has 7 nitrogen and oxygen atoms in total. The Hall–Kier alpha value is -3.04. The second kappa shape index (κ2) is 8.76. The summed E-state index contributed by atoms with van der Waals surface area (Å²) in [5, 5.41) is 18.2. The van der Waals surface area contributed by atoms with Gasteiger partial charge in [-0.05, 0) is 30.0 Å². The number of carboxylic acid groups (broad SMARTS) is 1. The van der Waals surface area contributed by atoms with Gasteiger partial charge in [-0.25, -0.2) is 13.9 Å². The molecule has 0 spiro atoms. The molecule has 1 saturated heterocycles. The molecule has 3 aromatic rings. The maximum Gasteiger partial charge on any atom is 0.326 e. The van der Waals surface area contributed by atoms with E-state index in [0.717, 1.165) is 4.88 Å². The highest BCUT2D eigenvalue weighted by Crippen LogP contribution is 2.35. The summed E-state index contributed by atoms with van der Waals surface area (Å²) in [5.74, 6) is -2.42. The summed E-state index contributed by atoms with van der Waals surface area (Å²) < 4.78 is 21.2. The topological polar surface area (TPSA) is 93.5 Å². The lowest BCUT2D eigenvalue weighted by molar-refractivity contribution is -0.142. The number of nitrogens with zero attached hydrogens (tertiary/aromatic N) is 2. The summed E-state index contributed by atoms with van der Waals surface area (Å²) in [4.78, 5) is 25.4. The number of thiophene rings is 1. The zero-order valence-corrected chi connectivity index (χ0v) is 16.7. The average molecular weight is 429 g/mol. The van der Waals surface area contributed by atoms with Crippen LogP contribution in [0.1, 0.15) is 23.0 Å². The molecule has 0 bridgehead atoms. The zero-order chi connectivity index (χ0) is 21.1. The Kier molecular flexibility index (Phi) is 5.91. The summed E-state index contributed by atoms with van der Waals surface area (Å²) in [6.45, 7) is 0.371. The lowest BCUT2D eigenvalue weighted by Gasteiger charge is -2.20. The molecule has 0 radical (unpaired) electrons. The number of aromatic nitrogens is 2. The van der Waals surface area contributed by atoms with Crippen LogP contribution in [-0.2, 0) is 20.7 Å². The number of carboxylic acids is 1. The van der Waals surface area contributed by atoms with Crippen molar-refractivity contribution in [1.82, 2.24) is 15.1 Å². The van der Waals surface area contributed by atoms with Crippen LogP contribution in [-0.4, -0.2) is 39.4 Å². The van der Waals surface area contributed by atoms with Gasteiger partial charge in [-0.15, -0.1) is 11.3 Å². The van der Waals surface area contributed by atoms with E-state index in [0.29, 0.717) is 24.3 Å². The van der Waals surface area contributed by atoms with Crippen molar-refractivity contribution >= 4 is 23.2 Å². The molecule has 3 heterocycles. The van der Waals surface area contributed by atoms with Gasteiger partial charge in [0.1, 0.15) is 17.5 Å². The van der Waals surface area contributed by atoms with Gasteiger partial charge in [0, 0.05) is 29.7 Å². The molecular formula is C21H20FN3O4S. The first-order valence-corrected chi connectivity index (χ1v) is 10.4. The number of benzene rings is 1. The molecule has 3 unspecified atom stereocenters. The fourth-order valence-corrected chi connectivity index (χ4v) is 4.30. The molecule has 1 fully saturated rings. The molecule has 9 heteroatoms. The highest BCUT2D eigenvalue weighted by atomic mass is 32.1. The molecule has 1 aliphatic heterocycles. The predicted octanol–water partition coefficient (Wildman–Crippen LogP) is 2.96. The molecule has 4 rings (SSSR count). The molecule has 1 aromatic carbocycles. The van der Waals surface area contributed by atoms with Crippen LogP contribution in [0, 0.1) is 11.7 Å². The first-order chi connectivity index (χ1) is 14.5. The molecular weight excluding hydrogens is 409 g/mol. The van der Waals surface area contributed by atoms with Gasteiger partial charge in [0.2, 0.25) is 5.91 Å². The van der Waals surface area contributed by atoms with Gasteiger partial charge < -0.3 is 15.2 Å². The third kappa shape index (κ3) is 4.27. The van der Waals surface area contributed by atoms with E-state index in [4.69, 9.17) is 4.74 Å². The number of carbonyl (C=O) groups is 2. The normalized spacial score (nSPS) is 19.5. The minimum atomic E-state index is -1.08. The quantitative estimate of drug-likeness (QED) is 0.602. The van der Waals surface area contributed by atoms with Gasteiger partial charge in [-0.2, -0.15) is 5.10 Å². The number of hydrogen-bond acceptors (Lipinski definition) is 5. The van der Waals surface area contributed by atoms with Crippen LogP contribution in [0.3, 0.4) is 0 Å². The van der Waals surface area contributed by atoms with E-state index >= 15 is 0 Å². The van der Waals surface area contributed by atoms with E-state index in [-0.39, 0.29) is 12.3 Å². The lowest BCUT2D eigenvalue weighted by atomic mass is 9.96. The SMILES string of the molecule is O=C(O)C(Cc1cccs1)NC(=O)C1CCOC1c1cnn(-c2ccccc2F)c1. The van der Waals surface area contributed by atoms with E-state index in [1.165, 1.54) is 22.1 Å². The fourth-order valence-electron chi connectivity index (χ4n) is 3.55. The fraction of sp³-hybridized carbons (Fsp3) is 0.286. The highest BCUT2D eigenvalue weighted by molar-refractivity contribution is 7.09. The Labute approximate surface area is 176 Å². The Balaban J connectivity index is 1.48. The average Bonchev–Trinajstić information content (AvgIpc) is 3.48. The molecule has 156 valence electrons. The Morgan fingerprint density at radius 1 is 1.33 bits per heavy atom. The van der Waals surface area contributed by atoms with Crippen LogP contribution >= 0.6 is 11.3 Å². The van der Waals surface area contributed by atoms with Gasteiger partial charge >= 0.3 is 5.97 Å². The number of nitrogens with one attached hydrogen (secondary N) is 1. The molecule has 0 aliphatic carbocycles. The molecule has 1 aliphatic rings. The van der Waals surface area contributed by atoms with Crippen LogP contribution in [0.25, 0.3) is 5.69 Å². The first kappa shape index (κ1) is 20.2. The van der Waals surface area contributed by atoms with E-state index < -0.39 is 29.9 Å². The van der Waals surface area contributed by atoms with Crippen LogP contribution in [0.15, 0.2) is 54.2 Å². The van der Waals surface area contributed by atoms with E-state index in [1.54, 1.807) is 30.6 Å². The molecule has 2 N–H and O–H groups in total. The number of para-hydroxylation sites is 1. The summed E-state index contributed by atoms with van der Waals surface area (Å²) in [7, 11) is 0. The van der Waals surface area contributed by atoms with E-state index in [2.05, 4.69) is 10.4 Å². The summed E-state index contributed by atoms with van der Waals surface area (Å²) >= 11 is 1.45. The van der Waals surface area contributed by atoms with Crippen molar-refractivity contribution in [3.05, 3.63) is 70.4 Å². The number of aliphatic carboxylic acids is 1. The highest BCUT2D eigenvalue weighted by Gasteiger charge is 2.37. The number of hydrogen-bond donors (Lipinski definition) is 2. The summed E-state index contributed by atoms with van der Waals surface area (Å²) in [6.07, 6.45) is 3.30. The van der Waals surface area contributed by atoms with Gasteiger partial charge in [-0.3, -0.25) is 4.79 Å². The first-order valence-electron chi connectivity index (χ1n) is 9.49. The van der Waals surface area contributed by atoms with Crippen molar-refractivity contribution in [2.75, 3.05) is 6.61 Å². The third-order valence-corrected chi connectivity index (χ3v) is 5.96. The number of halogens is 1. The van der Waals surface area contributed by atoms with Crippen LogP contribution in [0.4, 0.5) is 4.39 Å². The second-order valence-electron chi connectivity index (χ2n) is 7.04. The summed E-state index contributed by atoms with van der Waals surface area (Å²) in [6, 6.07) is 8.92. The van der Waals surface area contributed by atoms with Crippen LogP contribution in [0.5, 0.6) is 0 Å². The Bertz CT molecular complexity index is 1040. The van der Waals surface area contributed by atoms with Crippen molar-refractivity contribution in [2.45, 2.75) is 25.0 Å². The van der Waals surface area contributed by atoms with Crippen LogP contribution < -0.4 is 5.32 Å². The second-order valence-corrected chi connectivity index (χ2v) is 8.07. The van der Waals surface area contributed by atoms with Gasteiger partial charge in [0.25, 0.3) is 0 Å². The Morgan fingerprint density at radius 2 is 2.17 bits per heavy atom. The van der Waals surface area contributed by atoms with Gasteiger partial charge in [0.15, 0.2) is 0 Å². The Morgan fingerprint density at radius 3 is 2.90 bits per heavy atom. The minimum Gasteiger partial charge on any atom is -0.480 e. The largest absolute Gasteiger partial charge is 0.480 e. The lowest BCUT2D eigenvalue weighted by Crippen LogP contribution is -2.45. The zero-order valence-electron chi connectivity index (χ0n) is 15.9. The summed E-state index contributed by atoms with van der Waals surface area (Å²) in [5.41, 5.74) is 0.936. The van der Waals surface area contributed by atoms with Crippen LogP contribution in [0.2, 0.25) is 0 Å². The molecule has 3 atom stereocenters. The number of amides is 1. The maximum absolute atomic E-state index is 14.0. The maximum atomic E-state index is 14.0. The van der Waals surface area contributed by atoms with Crippen molar-refractivity contribution in [3.8, 4) is 5.69 Å². The smallest absolute Gasteiger partial charge is 0.326 e. The standard InChI is InChI=1S/C21H20FN3O4S/c22-16-5-1-2-6-18(16)25-12-13(11-23-25)19-15(7-8-29-19)20(26)24-17(21(27)28)10-14-4-3-9-30-14/h1-6,9,11-12,15,17,19H,7-8,10H2,(H,24,26)(H,27,28). The molecule has 0 saturated carbocycles. The predicted molar refractivity (Wildman–Crippen MR) is 108 cm³/mol.